The highest BCUT2D eigenvalue weighted by molar-refractivity contribution is 6.42. The molecule has 6 heteroatoms. The van der Waals surface area contributed by atoms with E-state index in [0.717, 1.165) is 46.5 Å². The monoisotopic (exact) mass is 409 g/mol. The molecule has 2 aromatic carbocycles. The average Bonchev–Trinajstić information content (AvgIpc) is 3.45. The minimum atomic E-state index is -0.158. The molecule has 4 nitrogen and oxygen atoms in total. The zero-order chi connectivity index (χ0) is 19.4. The maximum atomic E-state index is 12.5. The molecule has 0 aliphatic heterocycles. The van der Waals surface area contributed by atoms with Crippen molar-refractivity contribution in [3.05, 3.63) is 80.2 Å². The molecular weight excluding hydrogens is 393 g/mol. The Morgan fingerprint density at radius 2 is 1.86 bits per heavy atom. The summed E-state index contributed by atoms with van der Waals surface area (Å²) in [7, 11) is 0. The number of nitrogens with one attached hydrogen (secondary N) is 1. The van der Waals surface area contributed by atoms with E-state index in [1.54, 1.807) is 12.1 Å². The Bertz CT molecular complexity index is 1280. The number of halogens is 2. The molecule has 0 spiro atoms. The van der Waals surface area contributed by atoms with Gasteiger partial charge in [0.15, 0.2) is 0 Å². The lowest BCUT2D eigenvalue weighted by Gasteiger charge is -2.08. The average molecular weight is 410 g/mol. The van der Waals surface area contributed by atoms with Crippen molar-refractivity contribution >= 4 is 28.8 Å². The van der Waals surface area contributed by atoms with Crippen molar-refractivity contribution in [2.24, 2.45) is 0 Å². The van der Waals surface area contributed by atoms with E-state index in [1.165, 1.54) is 0 Å². The van der Waals surface area contributed by atoms with Crippen LogP contribution in [0, 0.1) is 6.92 Å². The third-order valence-electron chi connectivity index (χ3n) is 5.24. The molecule has 1 fully saturated rings. The Balaban J connectivity index is 1.86. The van der Waals surface area contributed by atoms with E-state index in [1.807, 2.05) is 47.8 Å². The summed E-state index contributed by atoms with van der Waals surface area (Å²) in [6.07, 6.45) is 2.20. The molecule has 1 aliphatic carbocycles. The molecule has 140 valence electrons. The Hall–Kier alpha value is -2.56. The lowest BCUT2D eigenvalue weighted by molar-refractivity contribution is 0.883. The highest BCUT2D eigenvalue weighted by atomic mass is 35.5. The van der Waals surface area contributed by atoms with Gasteiger partial charge in [0.1, 0.15) is 5.65 Å². The summed E-state index contributed by atoms with van der Waals surface area (Å²) in [6.45, 7) is 2.04. The van der Waals surface area contributed by atoms with Gasteiger partial charge >= 0.3 is 0 Å². The molecule has 2 aromatic heterocycles. The molecule has 0 amide bonds. The van der Waals surface area contributed by atoms with Gasteiger partial charge in [0.05, 0.1) is 21.4 Å². The van der Waals surface area contributed by atoms with E-state index >= 15 is 0 Å². The van der Waals surface area contributed by atoms with Crippen LogP contribution in [0.5, 0.6) is 0 Å². The molecule has 1 N–H and O–H groups in total. The molecule has 0 unspecified atom stereocenters. The number of fused-ring (bicyclic) bond motifs is 1. The van der Waals surface area contributed by atoms with E-state index in [0.29, 0.717) is 21.6 Å². The van der Waals surface area contributed by atoms with Gasteiger partial charge in [-0.1, -0.05) is 53.5 Å². The van der Waals surface area contributed by atoms with Gasteiger partial charge in [-0.3, -0.25) is 4.79 Å². The molecule has 28 heavy (non-hydrogen) atoms. The second kappa shape index (κ2) is 6.50. The van der Waals surface area contributed by atoms with E-state index < -0.39 is 0 Å². The third kappa shape index (κ3) is 2.84. The topological polar surface area (TPSA) is 50.2 Å². The van der Waals surface area contributed by atoms with Crippen LogP contribution in [0.2, 0.25) is 10.0 Å². The molecule has 1 saturated carbocycles. The number of aryl methyl sites for hydroxylation is 1. The molecule has 0 radical (unpaired) electrons. The lowest BCUT2D eigenvalue weighted by atomic mass is 10.0. The van der Waals surface area contributed by atoms with Crippen molar-refractivity contribution in [2.75, 3.05) is 0 Å². The van der Waals surface area contributed by atoms with E-state index in [2.05, 4.69) is 4.98 Å². The molecule has 1 aliphatic rings. The Morgan fingerprint density at radius 1 is 1.07 bits per heavy atom. The second-order valence-electron chi connectivity index (χ2n) is 7.26. The van der Waals surface area contributed by atoms with Crippen LogP contribution in [0.3, 0.4) is 0 Å². The molecule has 0 atom stereocenters. The fourth-order valence-electron chi connectivity index (χ4n) is 3.69. The lowest BCUT2D eigenvalue weighted by Crippen LogP contribution is -2.10. The van der Waals surface area contributed by atoms with Crippen LogP contribution >= 0.6 is 23.2 Å². The van der Waals surface area contributed by atoms with Crippen molar-refractivity contribution < 1.29 is 0 Å². The van der Waals surface area contributed by atoms with E-state index in [-0.39, 0.29) is 5.56 Å². The number of rotatable bonds is 3. The van der Waals surface area contributed by atoms with Gasteiger partial charge < -0.3 is 4.98 Å². The van der Waals surface area contributed by atoms with E-state index in [4.69, 9.17) is 28.3 Å². The first-order valence-corrected chi connectivity index (χ1v) is 9.96. The van der Waals surface area contributed by atoms with Crippen LogP contribution in [0.25, 0.3) is 28.0 Å². The van der Waals surface area contributed by atoms with Crippen molar-refractivity contribution in [2.45, 2.75) is 25.7 Å². The van der Waals surface area contributed by atoms with Crippen molar-refractivity contribution in [3.8, 4) is 22.4 Å². The van der Waals surface area contributed by atoms with Crippen LogP contribution in [0.4, 0.5) is 0 Å². The van der Waals surface area contributed by atoms with Crippen LogP contribution in [0.1, 0.15) is 30.0 Å². The van der Waals surface area contributed by atoms with Crippen LogP contribution in [-0.4, -0.2) is 14.6 Å². The first kappa shape index (κ1) is 17.5. The number of nitrogens with zero attached hydrogens (tertiary/aromatic N) is 2. The number of benzene rings is 2. The third-order valence-corrected chi connectivity index (χ3v) is 5.98. The first-order chi connectivity index (χ1) is 13.5. The van der Waals surface area contributed by atoms with Crippen molar-refractivity contribution in [1.82, 2.24) is 14.6 Å². The number of aromatic amines is 1. The molecule has 0 saturated heterocycles. The van der Waals surface area contributed by atoms with Gasteiger partial charge in [-0.25, -0.2) is 4.52 Å². The maximum absolute atomic E-state index is 12.5. The summed E-state index contributed by atoms with van der Waals surface area (Å²) >= 11 is 12.4. The summed E-state index contributed by atoms with van der Waals surface area (Å²) in [4.78, 5) is 15.5. The van der Waals surface area contributed by atoms with E-state index in [9.17, 15) is 4.79 Å². The standard InChI is InChI=1S/C22H17Cl2N3O/c1-12-4-2-3-5-15(12)18-11-19(28)25-22-20(14-8-9-16(23)17(24)10-14)21(13-6-7-13)26-27(18)22/h2-5,8-11,13H,6-7H2,1H3,(H,25,28). The summed E-state index contributed by atoms with van der Waals surface area (Å²) in [6, 6.07) is 15.2. The summed E-state index contributed by atoms with van der Waals surface area (Å²) < 4.78 is 1.86. The first-order valence-electron chi connectivity index (χ1n) is 9.20. The van der Waals surface area contributed by atoms with Gasteiger partial charge in [0, 0.05) is 23.1 Å². The van der Waals surface area contributed by atoms with Crippen molar-refractivity contribution in [3.63, 3.8) is 0 Å². The van der Waals surface area contributed by atoms with Crippen LogP contribution < -0.4 is 5.56 Å². The predicted molar refractivity (Wildman–Crippen MR) is 113 cm³/mol. The Kier molecular flexibility index (Phi) is 4.07. The van der Waals surface area contributed by atoms with Crippen LogP contribution in [0.15, 0.2) is 53.3 Å². The molecule has 0 bridgehead atoms. The maximum Gasteiger partial charge on any atom is 0.251 e. The minimum absolute atomic E-state index is 0.158. The summed E-state index contributed by atoms with van der Waals surface area (Å²) in [5, 5.41) is 5.92. The number of hydrogen-bond acceptors (Lipinski definition) is 2. The fraction of sp³-hybridized carbons (Fsp3) is 0.182. The second-order valence-corrected chi connectivity index (χ2v) is 8.07. The normalized spacial score (nSPS) is 14.0. The molecule has 5 rings (SSSR count). The molecular formula is C22H17Cl2N3O. The van der Waals surface area contributed by atoms with Crippen LogP contribution in [-0.2, 0) is 0 Å². The Morgan fingerprint density at radius 3 is 2.57 bits per heavy atom. The molecule has 4 aromatic rings. The van der Waals surface area contributed by atoms with Crippen molar-refractivity contribution in [1.29, 1.82) is 0 Å². The quantitative estimate of drug-likeness (QED) is 0.461. The number of hydrogen-bond donors (Lipinski definition) is 1. The van der Waals surface area contributed by atoms with Gasteiger partial charge in [0.2, 0.25) is 0 Å². The molecule has 2 heterocycles. The predicted octanol–water partition coefficient (Wildman–Crippen LogP) is 5.85. The SMILES string of the molecule is Cc1ccccc1-c1cc(=O)[nH]c2c(-c3ccc(Cl)c(Cl)c3)c(C3CC3)nn12. The minimum Gasteiger partial charge on any atom is -0.306 e. The summed E-state index contributed by atoms with van der Waals surface area (Å²) in [5.74, 6) is 0.401. The zero-order valence-corrected chi connectivity index (χ0v) is 16.7. The van der Waals surface area contributed by atoms with Gasteiger partial charge in [0.25, 0.3) is 5.56 Å². The van der Waals surface area contributed by atoms with Gasteiger partial charge in [-0.05, 0) is 43.0 Å². The van der Waals surface area contributed by atoms with Gasteiger partial charge in [-0.15, -0.1) is 0 Å². The number of H-pyrrole nitrogens is 1. The number of aromatic nitrogens is 3. The fourth-order valence-corrected chi connectivity index (χ4v) is 3.99. The highest BCUT2D eigenvalue weighted by Gasteiger charge is 2.32. The Labute approximate surface area is 171 Å². The zero-order valence-electron chi connectivity index (χ0n) is 15.2. The summed E-state index contributed by atoms with van der Waals surface area (Å²) in [5.41, 5.74) is 6.22. The van der Waals surface area contributed by atoms with Gasteiger partial charge in [-0.2, -0.15) is 5.10 Å². The smallest absolute Gasteiger partial charge is 0.251 e. The highest BCUT2D eigenvalue weighted by Crippen LogP contribution is 2.46. The largest absolute Gasteiger partial charge is 0.306 e.